The lowest BCUT2D eigenvalue weighted by Gasteiger charge is -2.22. The Kier molecular flexibility index (Phi) is 6.14. The van der Waals surface area contributed by atoms with Crippen molar-refractivity contribution >= 4 is 11.8 Å². The van der Waals surface area contributed by atoms with E-state index in [4.69, 9.17) is 4.74 Å². The number of amides is 2. The minimum atomic E-state index is -0.412. The number of benzene rings is 1. The van der Waals surface area contributed by atoms with Crippen LogP contribution in [0.1, 0.15) is 19.3 Å². The average Bonchev–Trinajstić information content (AvgIpc) is 3.03. The number of carbonyl (C=O) groups excluding carboxylic acids is 2. The molecule has 0 radical (unpaired) electrons. The maximum absolute atomic E-state index is 13.0. The summed E-state index contributed by atoms with van der Waals surface area (Å²) in [6, 6.07) is 5.52. The van der Waals surface area contributed by atoms with E-state index >= 15 is 0 Å². The fraction of sp³-hybridized carbons (Fsp3) is 0.412. The standard InChI is InChI=1S/C17H21FN2O3/c1-2-16(21)20-10-4-8-15(20)17(22)19-9-5-11-23-14-7-3-6-13(18)12-14/h2-3,6-7,12,15H,1,4-5,8-11H2,(H,19,22). The number of ether oxygens (including phenoxy) is 1. The summed E-state index contributed by atoms with van der Waals surface area (Å²) >= 11 is 0. The molecule has 6 heteroatoms. The van der Waals surface area contributed by atoms with Gasteiger partial charge in [-0.25, -0.2) is 4.39 Å². The van der Waals surface area contributed by atoms with E-state index < -0.39 is 6.04 Å². The Labute approximate surface area is 135 Å². The molecule has 1 aliphatic rings. The number of carbonyl (C=O) groups is 2. The Morgan fingerprint density at radius 2 is 2.30 bits per heavy atom. The first kappa shape index (κ1) is 17.0. The molecule has 5 nitrogen and oxygen atoms in total. The van der Waals surface area contributed by atoms with Gasteiger partial charge in [0.25, 0.3) is 0 Å². The highest BCUT2D eigenvalue weighted by molar-refractivity contribution is 5.93. The molecule has 1 heterocycles. The Hall–Kier alpha value is -2.37. The van der Waals surface area contributed by atoms with Gasteiger partial charge in [0.05, 0.1) is 6.61 Å². The van der Waals surface area contributed by atoms with Gasteiger partial charge in [0, 0.05) is 19.2 Å². The molecule has 0 spiro atoms. The average molecular weight is 320 g/mol. The normalized spacial score (nSPS) is 16.9. The van der Waals surface area contributed by atoms with Crippen molar-refractivity contribution < 1.29 is 18.7 Å². The lowest BCUT2D eigenvalue weighted by Crippen LogP contribution is -2.45. The predicted octanol–water partition coefficient (Wildman–Crippen LogP) is 1.89. The molecular weight excluding hydrogens is 299 g/mol. The third-order valence-corrected chi connectivity index (χ3v) is 3.70. The van der Waals surface area contributed by atoms with Crippen LogP contribution in [0.2, 0.25) is 0 Å². The Morgan fingerprint density at radius 3 is 3.04 bits per heavy atom. The summed E-state index contributed by atoms with van der Waals surface area (Å²) in [5, 5.41) is 2.81. The van der Waals surface area contributed by atoms with Crippen LogP contribution in [0.15, 0.2) is 36.9 Å². The molecule has 1 saturated heterocycles. The first-order valence-corrected chi connectivity index (χ1v) is 7.71. The molecule has 23 heavy (non-hydrogen) atoms. The molecule has 1 atom stereocenters. The summed E-state index contributed by atoms with van der Waals surface area (Å²) in [7, 11) is 0. The van der Waals surface area contributed by atoms with Gasteiger partial charge < -0.3 is 15.0 Å². The van der Waals surface area contributed by atoms with E-state index in [1.165, 1.54) is 18.2 Å². The second-order valence-electron chi connectivity index (χ2n) is 5.34. The quantitative estimate of drug-likeness (QED) is 0.616. The van der Waals surface area contributed by atoms with Crippen molar-refractivity contribution in [3.63, 3.8) is 0 Å². The molecule has 0 aromatic heterocycles. The van der Waals surface area contributed by atoms with Gasteiger partial charge in [0.15, 0.2) is 0 Å². The maximum Gasteiger partial charge on any atom is 0.246 e. The van der Waals surface area contributed by atoms with E-state index in [1.54, 1.807) is 17.0 Å². The summed E-state index contributed by atoms with van der Waals surface area (Å²) < 4.78 is 18.4. The van der Waals surface area contributed by atoms with E-state index in [1.807, 2.05) is 0 Å². The van der Waals surface area contributed by atoms with Crippen molar-refractivity contribution in [1.82, 2.24) is 10.2 Å². The van der Waals surface area contributed by atoms with Crippen LogP contribution in [0, 0.1) is 5.82 Å². The Balaban J connectivity index is 1.68. The number of hydrogen-bond donors (Lipinski definition) is 1. The molecule has 2 amide bonds. The molecule has 1 fully saturated rings. The Morgan fingerprint density at radius 1 is 1.48 bits per heavy atom. The van der Waals surface area contributed by atoms with Gasteiger partial charge in [-0.15, -0.1) is 0 Å². The van der Waals surface area contributed by atoms with E-state index in [0.29, 0.717) is 38.3 Å². The molecule has 1 aliphatic heterocycles. The predicted molar refractivity (Wildman–Crippen MR) is 84.5 cm³/mol. The zero-order valence-corrected chi connectivity index (χ0v) is 13.0. The zero-order chi connectivity index (χ0) is 16.7. The second kappa shape index (κ2) is 8.31. The van der Waals surface area contributed by atoms with Crippen LogP contribution in [-0.2, 0) is 9.59 Å². The van der Waals surface area contributed by atoms with Gasteiger partial charge in [-0.05, 0) is 37.5 Å². The summed E-state index contributed by atoms with van der Waals surface area (Å²) in [5.41, 5.74) is 0. The largest absolute Gasteiger partial charge is 0.493 e. The second-order valence-corrected chi connectivity index (χ2v) is 5.34. The van der Waals surface area contributed by atoms with Crippen molar-refractivity contribution in [2.24, 2.45) is 0 Å². The fourth-order valence-corrected chi connectivity index (χ4v) is 2.57. The highest BCUT2D eigenvalue weighted by Crippen LogP contribution is 2.17. The first-order chi connectivity index (χ1) is 11.1. The van der Waals surface area contributed by atoms with Crippen LogP contribution < -0.4 is 10.1 Å². The number of likely N-dealkylation sites (tertiary alicyclic amines) is 1. The van der Waals surface area contributed by atoms with Crippen LogP contribution in [-0.4, -0.2) is 42.5 Å². The van der Waals surface area contributed by atoms with E-state index in [2.05, 4.69) is 11.9 Å². The molecular formula is C17H21FN2O3. The van der Waals surface area contributed by atoms with Crippen LogP contribution >= 0.6 is 0 Å². The highest BCUT2D eigenvalue weighted by atomic mass is 19.1. The van der Waals surface area contributed by atoms with E-state index in [0.717, 1.165) is 6.42 Å². The molecule has 1 aromatic carbocycles. The lowest BCUT2D eigenvalue weighted by atomic mass is 10.2. The number of hydrogen-bond acceptors (Lipinski definition) is 3. The molecule has 124 valence electrons. The SMILES string of the molecule is C=CC(=O)N1CCCC1C(=O)NCCCOc1cccc(F)c1. The molecule has 1 aromatic rings. The zero-order valence-electron chi connectivity index (χ0n) is 13.0. The highest BCUT2D eigenvalue weighted by Gasteiger charge is 2.32. The molecule has 1 N–H and O–H groups in total. The van der Waals surface area contributed by atoms with E-state index in [9.17, 15) is 14.0 Å². The lowest BCUT2D eigenvalue weighted by molar-refractivity contribution is -0.135. The summed E-state index contributed by atoms with van der Waals surface area (Å²) in [6.45, 7) is 4.87. The molecule has 0 aliphatic carbocycles. The smallest absolute Gasteiger partial charge is 0.246 e. The number of halogens is 1. The van der Waals surface area contributed by atoms with Gasteiger partial charge in [0.1, 0.15) is 17.6 Å². The molecule has 0 saturated carbocycles. The number of rotatable bonds is 7. The molecule has 1 unspecified atom stereocenters. The van der Waals surface area contributed by atoms with Gasteiger partial charge in [-0.3, -0.25) is 9.59 Å². The third kappa shape index (κ3) is 4.81. The van der Waals surface area contributed by atoms with Crippen molar-refractivity contribution in [2.45, 2.75) is 25.3 Å². The topological polar surface area (TPSA) is 58.6 Å². The molecule has 0 bridgehead atoms. The van der Waals surface area contributed by atoms with Gasteiger partial charge in [-0.1, -0.05) is 12.6 Å². The maximum atomic E-state index is 13.0. The van der Waals surface area contributed by atoms with Gasteiger partial charge in [-0.2, -0.15) is 0 Å². The summed E-state index contributed by atoms with van der Waals surface area (Å²) in [5.74, 6) is -0.237. The summed E-state index contributed by atoms with van der Waals surface area (Å²) in [4.78, 5) is 25.3. The van der Waals surface area contributed by atoms with Gasteiger partial charge in [0.2, 0.25) is 11.8 Å². The monoisotopic (exact) mass is 320 g/mol. The minimum Gasteiger partial charge on any atom is -0.493 e. The first-order valence-electron chi connectivity index (χ1n) is 7.71. The van der Waals surface area contributed by atoms with Crippen molar-refractivity contribution in [1.29, 1.82) is 0 Å². The summed E-state index contributed by atoms with van der Waals surface area (Å²) in [6.07, 6.45) is 3.33. The fourth-order valence-electron chi connectivity index (χ4n) is 2.57. The van der Waals surface area contributed by atoms with Crippen molar-refractivity contribution in [3.8, 4) is 5.75 Å². The van der Waals surface area contributed by atoms with Crippen molar-refractivity contribution in [3.05, 3.63) is 42.7 Å². The van der Waals surface area contributed by atoms with Crippen molar-refractivity contribution in [2.75, 3.05) is 19.7 Å². The number of nitrogens with zero attached hydrogens (tertiary/aromatic N) is 1. The molecule has 2 rings (SSSR count). The van der Waals surface area contributed by atoms with Crippen LogP contribution in [0.4, 0.5) is 4.39 Å². The van der Waals surface area contributed by atoms with Crippen LogP contribution in [0.5, 0.6) is 5.75 Å². The number of nitrogens with one attached hydrogen (secondary N) is 1. The van der Waals surface area contributed by atoms with Crippen LogP contribution in [0.3, 0.4) is 0 Å². The van der Waals surface area contributed by atoms with E-state index in [-0.39, 0.29) is 17.6 Å². The Bertz CT molecular complexity index is 577. The third-order valence-electron chi connectivity index (χ3n) is 3.70. The van der Waals surface area contributed by atoms with Crippen LogP contribution in [0.25, 0.3) is 0 Å². The minimum absolute atomic E-state index is 0.150. The van der Waals surface area contributed by atoms with Gasteiger partial charge >= 0.3 is 0 Å².